The lowest BCUT2D eigenvalue weighted by atomic mass is 10.0. The normalized spacial score (nSPS) is 11.2. The van der Waals surface area contributed by atoms with E-state index in [1.807, 2.05) is 54.6 Å². The monoisotopic (exact) mass is 441 g/mol. The number of carbonyl (C=O) groups is 1. The van der Waals surface area contributed by atoms with Crippen molar-refractivity contribution in [1.29, 1.82) is 0 Å². The van der Waals surface area contributed by atoms with Gasteiger partial charge in [0.05, 0.1) is 23.9 Å². The Hall–Kier alpha value is -3.64. The summed E-state index contributed by atoms with van der Waals surface area (Å²) in [7, 11) is 1.66. The molecule has 6 heteroatoms. The molecule has 0 aliphatic heterocycles. The highest BCUT2D eigenvalue weighted by Gasteiger charge is 2.15. The van der Waals surface area contributed by atoms with E-state index in [4.69, 9.17) is 4.74 Å². The van der Waals surface area contributed by atoms with Gasteiger partial charge < -0.3 is 15.0 Å². The minimum absolute atomic E-state index is 0.0234. The zero-order chi connectivity index (χ0) is 21.9. The second-order valence-electron chi connectivity index (χ2n) is 7.60. The van der Waals surface area contributed by atoms with Crippen LogP contribution in [0.3, 0.4) is 0 Å². The molecule has 0 saturated heterocycles. The summed E-state index contributed by atoms with van der Waals surface area (Å²) in [6.07, 6.45) is 1.06. The van der Waals surface area contributed by atoms with E-state index in [9.17, 15) is 4.79 Å². The van der Waals surface area contributed by atoms with E-state index < -0.39 is 0 Å². The van der Waals surface area contributed by atoms with Crippen molar-refractivity contribution in [3.05, 3.63) is 83.4 Å². The van der Waals surface area contributed by atoms with Crippen molar-refractivity contribution >= 4 is 38.4 Å². The summed E-state index contributed by atoms with van der Waals surface area (Å²) < 4.78 is 6.43. The maximum atomic E-state index is 12.6. The molecule has 0 bridgehead atoms. The fourth-order valence-electron chi connectivity index (χ4n) is 3.96. The summed E-state index contributed by atoms with van der Waals surface area (Å²) in [6.45, 7) is 0.456. The topological polar surface area (TPSA) is 67.0 Å². The number of thiazole rings is 1. The Morgan fingerprint density at radius 3 is 2.62 bits per heavy atom. The third kappa shape index (κ3) is 4.09. The number of aryl methyl sites for hydroxylation is 1. The number of carbonyl (C=O) groups excluding carboxylic acids is 1. The van der Waals surface area contributed by atoms with Crippen LogP contribution >= 0.6 is 11.3 Å². The third-order valence-electron chi connectivity index (χ3n) is 5.57. The predicted molar refractivity (Wildman–Crippen MR) is 130 cm³/mol. The first-order valence-electron chi connectivity index (χ1n) is 10.6. The highest BCUT2D eigenvalue weighted by molar-refractivity contribution is 7.18. The van der Waals surface area contributed by atoms with Crippen LogP contribution in [0.2, 0.25) is 0 Å². The second-order valence-corrected chi connectivity index (χ2v) is 8.72. The first kappa shape index (κ1) is 20.3. The SMILES string of the molecule is COc1ccc(-c2[nH]c3ccccc3c2CCC(=O)NCc2nc3ccccc3s2)cc1. The van der Waals surface area contributed by atoms with Crippen molar-refractivity contribution in [3.8, 4) is 17.0 Å². The Balaban J connectivity index is 1.32. The molecule has 3 aromatic carbocycles. The number of amides is 1. The number of benzene rings is 3. The fourth-order valence-corrected chi connectivity index (χ4v) is 4.87. The fraction of sp³-hybridized carbons (Fsp3) is 0.154. The van der Waals surface area contributed by atoms with E-state index in [0.29, 0.717) is 19.4 Å². The standard InChI is InChI=1S/C26H23N3O2S/c1-31-18-12-10-17(11-13-18)26-20(19-6-2-3-7-21(19)29-26)14-15-24(30)27-16-25-28-22-8-4-5-9-23(22)32-25/h2-13,29H,14-16H2,1H3,(H,27,30). The predicted octanol–water partition coefficient (Wildman–Crippen LogP) is 5.70. The largest absolute Gasteiger partial charge is 0.497 e. The summed E-state index contributed by atoms with van der Waals surface area (Å²) in [4.78, 5) is 20.8. The maximum absolute atomic E-state index is 12.6. The van der Waals surface area contributed by atoms with Crippen LogP contribution < -0.4 is 10.1 Å². The van der Waals surface area contributed by atoms with Gasteiger partial charge in [-0.25, -0.2) is 4.98 Å². The van der Waals surface area contributed by atoms with Crippen LogP contribution in [0.5, 0.6) is 5.75 Å². The summed E-state index contributed by atoms with van der Waals surface area (Å²) in [5, 5.41) is 5.10. The molecular formula is C26H23N3O2S. The van der Waals surface area contributed by atoms with Crippen LogP contribution in [0.4, 0.5) is 0 Å². The number of fused-ring (bicyclic) bond motifs is 2. The highest BCUT2D eigenvalue weighted by Crippen LogP contribution is 2.32. The number of aromatic nitrogens is 2. The lowest BCUT2D eigenvalue weighted by Gasteiger charge is -2.07. The Morgan fingerprint density at radius 2 is 1.81 bits per heavy atom. The van der Waals surface area contributed by atoms with E-state index in [0.717, 1.165) is 48.7 Å². The molecule has 0 radical (unpaired) electrons. The summed E-state index contributed by atoms with van der Waals surface area (Å²) in [6, 6.07) is 24.2. The van der Waals surface area contributed by atoms with Gasteiger partial charge in [0.2, 0.25) is 5.91 Å². The molecule has 0 saturated carbocycles. The van der Waals surface area contributed by atoms with E-state index in [1.165, 1.54) is 0 Å². The van der Waals surface area contributed by atoms with Crippen molar-refractivity contribution in [2.75, 3.05) is 7.11 Å². The lowest BCUT2D eigenvalue weighted by molar-refractivity contribution is -0.121. The van der Waals surface area contributed by atoms with Crippen molar-refractivity contribution in [3.63, 3.8) is 0 Å². The van der Waals surface area contributed by atoms with Gasteiger partial charge in [-0.2, -0.15) is 0 Å². The van der Waals surface area contributed by atoms with Crippen molar-refractivity contribution in [1.82, 2.24) is 15.3 Å². The first-order chi connectivity index (χ1) is 15.7. The number of methoxy groups -OCH3 is 1. The van der Waals surface area contributed by atoms with Crippen LogP contribution in [0.25, 0.3) is 32.4 Å². The average molecular weight is 442 g/mol. The van der Waals surface area contributed by atoms with E-state index in [1.54, 1.807) is 18.4 Å². The quantitative estimate of drug-likeness (QED) is 0.340. The molecule has 2 aromatic heterocycles. The smallest absolute Gasteiger partial charge is 0.220 e. The van der Waals surface area contributed by atoms with Crippen LogP contribution in [-0.4, -0.2) is 23.0 Å². The molecule has 0 spiro atoms. The van der Waals surface area contributed by atoms with E-state index in [-0.39, 0.29) is 5.91 Å². The van der Waals surface area contributed by atoms with Crippen LogP contribution in [0.15, 0.2) is 72.8 Å². The van der Waals surface area contributed by atoms with Crippen LogP contribution in [0.1, 0.15) is 17.0 Å². The average Bonchev–Trinajstić information content (AvgIpc) is 3.42. The number of hydrogen-bond donors (Lipinski definition) is 2. The minimum atomic E-state index is 0.0234. The van der Waals surface area contributed by atoms with Gasteiger partial charge in [0.15, 0.2) is 0 Å². The molecule has 2 heterocycles. The number of nitrogens with zero attached hydrogens (tertiary/aromatic N) is 1. The number of H-pyrrole nitrogens is 1. The van der Waals surface area contributed by atoms with Gasteiger partial charge in [0.25, 0.3) is 0 Å². The van der Waals surface area contributed by atoms with Crippen molar-refractivity contribution in [2.45, 2.75) is 19.4 Å². The molecule has 1 amide bonds. The number of ether oxygens (including phenoxy) is 1. The Labute approximate surface area is 190 Å². The van der Waals surface area contributed by atoms with Gasteiger partial charge >= 0.3 is 0 Å². The highest BCUT2D eigenvalue weighted by atomic mass is 32.1. The number of rotatable bonds is 7. The van der Waals surface area contributed by atoms with Gasteiger partial charge in [-0.15, -0.1) is 11.3 Å². The second kappa shape index (κ2) is 8.85. The third-order valence-corrected chi connectivity index (χ3v) is 6.61. The zero-order valence-corrected chi connectivity index (χ0v) is 18.5. The number of aromatic amines is 1. The molecule has 2 N–H and O–H groups in total. The number of para-hydroxylation sites is 2. The molecule has 0 fully saturated rings. The van der Waals surface area contributed by atoms with Gasteiger partial charge in [0, 0.05) is 23.0 Å². The summed E-state index contributed by atoms with van der Waals surface area (Å²) in [5.41, 5.74) is 5.33. The molecule has 160 valence electrons. The number of hydrogen-bond acceptors (Lipinski definition) is 4. The molecule has 5 aromatic rings. The van der Waals surface area contributed by atoms with Gasteiger partial charge in [-0.1, -0.05) is 30.3 Å². The molecule has 5 nitrogen and oxygen atoms in total. The van der Waals surface area contributed by atoms with Gasteiger partial charge in [-0.05, 0) is 60.0 Å². The Kier molecular flexibility index (Phi) is 5.60. The van der Waals surface area contributed by atoms with Crippen molar-refractivity contribution < 1.29 is 9.53 Å². The molecule has 0 aliphatic carbocycles. The summed E-state index contributed by atoms with van der Waals surface area (Å²) in [5.74, 6) is 0.843. The molecule has 0 aliphatic rings. The lowest BCUT2D eigenvalue weighted by Crippen LogP contribution is -2.22. The summed E-state index contributed by atoms with van der Waals surface area (Å²) >= 11 is 1.62. The number of nitrogens with one attached hydrogen (secondary N) is 2. The molecule has 0 unspecified atom stereocenters. The maximum Gasteiger partial charge on any atom is 0.220 e. The zero-order valence-electron chi connectivity index (χ0n) is 17.7. The Morgan fingerprint density at radius 1 is 1.03 bits per heavy atom. The van der Waals surface area contributed by atoms with Gasteiger partial charge in [0.1, 0.15) is 10.8 Å². The van der Waals surface area contributed by atoms with E-state index >= 15 is 0 Å². The molecule has 0 atom stereocenters. The van der Waals surface area contributed by atoms with Crippen LogP contribution in [-0.2, 0) is 17.8 Å². The first-order valence-corrected chi connectivity index (χ1v) is 11.4. The molecule has 32 heavy (non-hydrogen) atoms. The van der Waals surface area contributed by atoms with Crippen molar-refractivity contribution in [2.24, 2.45) is 0 Å². The van der Waals surface area contributed by atoms with Crippen LogP contribution in [0, 0.1) is 0 Å². The van der Waals surface area contributed by atoms with E-state index in [2.05, 4.69) is 33.5 Å². The Bertz CT molecular complexity index is 1350. The molecular weight excluding hydrogens is 418 g/mol. The minimum Gasteiger partial charge on any atom is -0.497 e. The molecule has 5 rings (SSSR count). The van der Waals surface area contributed by atoms with Gasteiger partial charge in [-0.3, -0.25) is 4.79 Å².